The Labute approximate surface area is 148 Å². The smallest absolute Gasteiger partial charge is 0.253 e. The fourth-order valence-electron chi connectivity index (χ4n) is 2.64. The number of carbonyl (C=O) groups is 1. The summed E-state index contributed by atoms with van der Waals surface area (Å²) >= 11 is 3.37. The molecule has 1 saturated heterocycles. The molecule has 6 nitrogen and oxygen atoms in total. The van der Waals surface area contributed by atoms with Crippen molar-refractivity contribution in [1.29, 1.82) is 5.26 Å². The first kappa shape index (κ1) is 16.4. The van der Waals surface area contributed by atoms with Crippen LogP contribution >= 0.6 is 15.9 Å². The molecule has 0 N–H and O–H groups in total. The van der Waals surface area contributed by atoms with Gasteiger partial charge < -0.3 is 9.64 Å². The summed E-state index contributed by atoms with van der Waals surface area (Å²) in [7, 11) is 0. The topological polar surface area (TPSA) is 79.1 Å². The molecule has 1 aliphatic heterocycles. The second kappa shape index (κ2) is 7.41. The zero-order chi connectivity index (χ0) is 16.9. The molecular formula is C17H15BrN4O2. The van der Waals surface area contributed by atoms with Gasteiger partial charge in [-0.05, 0) is 37.1 Å². The van der Waals surface area contributed by atoms with Crippen molar-refractivity contribution in [2.75, 3.05) is 13.1 Å². The Balaban J connectivity index is 1.69. The van der Waals surface area contributed by atoms with Crippen LogP contribution in [0.4, 0.5) is 0 Å². The van der Waals surface area contributed by atoms with Gasteiger partial charge in [0.15, 0.2) is 0 Å². The van der Waals surface area contributed by atoms with Gasteiger partial charge in [0.2, 0.25) is 5.69 Å². The maximum absolute atomic E-state index is 12.6. The average Bonchev–Trinajstić information content (AvgIpc) is 2.62. The van der Waals surface area contributed by atoms with Crippen molar-refractivity contribution in [3.05, 3.63) is 52.4 Å². The molecule has 1 aromatic heterocycles. The SMILES string of the molecule is N#Cc1nccnc1OC1CCCN(C(=O)c2ccc(Br)cc2)C1. The molecule has 2 aromatic rings. The van der Waals surface area contributed by atoms with Gasteiger partial charge in [-0.1, -0.05) is 15.9 Å². The van der Waals surface area contributed by atoms with Crippen LogP contribution in [0.15, 0.2) is 41.1 Å². The lowest BCUT2D eigenvalue weighted by Crippen LogP contribution is -2.44. The quantitative estimate of drug-likeness (QED) is 0.809. The molecule has 3 rings (SSSR count). The Morgan fingerprint density at radius 3 is 2.79 bits per heavy atom. The molecule has 0 spiro atoms. The van der Waals surface area contributed by atoms with E-state index in [0.717, 1.165) is 17.3 Å². The third-order valence-electron chi connectivity index (χ3n) is 3.81. The minimum atomic E-state index is -0.193. The van der Waals surface area contributed by atoms with Crippen molar-refractivity contribution in [3.8, 4) is 11.9 Å². The molecule has 1 amide bonds. The monoisotopic (exact) mass is 386 g/mol. The van der Waals surface area contributed by atoms with Gasteiger partial charge in [-0.3, -0.25) is 4.79 Å². The number of piperidine rings is 1. The summed E-state index contributed by atoms with van der Waals surface area (Å²) < 4.78 is 6.75. The fourth-order valence-corrected chi connectivity index (χ4v) is 2.90. The van der Waals surface area contributed by atoms with E-state index in [1.54, 1.807) is 17.0 Å². The summed E-state index contributed by atoms with van der Waals surface area (Å²) in [6.07, 6.45) is 4.40. The lowest BCUT2D eigenvalue weighted by molar-refractivity contribution is 0.0526. The van der Waals surface area contributed by atoms with Gasteiger partial charge in [0, 0.05) is 29.0 Å². The summed E-state index contributed by atoms with van der Waals surface area (Å²) in [4.78, 5) is 22.4. The van der Waals surface area contributed by atoms with Crippen LogP contribution in [0.2, 0.25) is 0 Å². The zero-order valence-corrected chi connectivity index (χ0v) is 14.4. The maximum Gasteiger partial charge on any atom is 0.253 e. The summed E-state index contributed by atoms with van der Waals surface area (Å²) in [5.74, 6) is 0.207. The van der Waals surface area contributed by atoms with Gasteiger partial charge in [0.1, 0.15) is 12.2 Å². The number of carbonyl (C=O) groups excluding carboxylic acids is 1. The highest BCUT2D eigenvalue weighted by atomic mass is 79.9. The van der Waals surface area contributed by atoms with Gasteiger partial charge in [0.25, 0.3) is 11.8 Å². The van der Waals surface area contributed by atoms with Gasteiger partial charge in [-0.2, -0.15) is 5.26 Å². The largest absolute Gasteiger partial charge is 0.470 e. The molecule has 24 heavy (non-hydrogen) atoms. The van der Waals surface area contributed by atoms with E-state index in [1.807, 2.05) is 18.2 Å². The van der Waals surface area contributed by atoms with Gasteiger partial charge in [-0.25, -0.2) is 9.97 Å². The van der Waals surface area contributed by atoms with Crippen LogP contribution in [0, 0.1) is 11.3 Å². The Morgan fingerprint density at radius 2 is 2.04 bits per heavy atom. The number of nitrogens with zero attached hydrogens (tertiary/aromatic N) is 4. The molecule has 1 fully saturated rings. The molecule has 122 valence electrons. The van der Waals surface area contributed by atoms with Crippen LogP contribution in [0.1, 0.15) is 28.9 Å². The van der Waals surface area contributed by atoms with Crippen molar-refractivity contribution >= 4 is 21.8 Å². The molecule has 7 heteroatoms. The van der Waals surface area contributed by atoms with E-state index in [1.165, 1.54) is 12.4 Å². The van der Waals surface area contributed by atoms with Crippen LogP contribution in [-0.2, 0) is 0 Å². The van der Waals surface area contributed by atoms with Crippen molar-refractivity contribution in [3.63, 3.8) is 0 Å². The molecule has 1 atom stereocenters. The lowest BCUT2D eigenvalue weighted by Gasteiger charge is -2.32. The molecule has 0 bridgehead atoms. The van der Waals surface area contributed by atoms with Gasteiger partial charge >= 0.3 is 0 Å². The van der Waals surface area contributed by atoms with Gasteiger partial charge in [-0.15, -0.1) is 0 Å². The van der Waals surface area contributed by atoms with Crippen LogP contribution in [0.5, 0.6) is 5.88 Å². The first-order valence-electron chi connectivity index (χ1n) is 7.60. The van der Waals surface area contributed by atoms with E-state index in [9.17, 15) is 4.79 Å². The Hall–Kier alpha value is -2.46. The molecule has 2 heterocycles. The molecule has 1 aromatic carbocycles. The zero-order valence-electron chi connectivity index (χ0n) is 12.9. The lowest BCUT2D eigenvalue weighted by atomic mass is 10.1. The highest BCUT2D eigenvalue weighted by molar-refractivity contribution is 9.10. The first-order chi connectivity index (χ1) is 11.7. The summed E-state index contributed by atoms with van der Waals surface area (Å²) in [6, 6.07) is 9.27. The number of hydrogen-bond acceptors (Lipinski definition) is 5. The second-order valence-corrected chi connectivity index (χ2v) is 6.38. The van der Waals surface area contributed by atoms with Crippen molar-refractivity contribution in [2.45, 2.75) is 18.9 Å². The number of aromatic nitrogens is 2. The van der Waals surface area contributed by atoms with Crippen molar-refractivity contribution < 1.29 is 9.53 Å². The third-order valence-corrected chi connectivity index (χ3v) is 4.33. The van der Waals surface area contributed by atoms with Crippen LogP contribution < -0.4 is 4.74 Å². The summed E-state index contributed by atoms with van der Waals surface area (Å²) in [6.45, 7) is 1.16. The molecule has 1 unspecified atom stereocenters. The highest BCUT2D eigenvalue weighted by Gasteiger charge is 2.26. The number of halogens is 1. The maximum atomic E-state index is 12.6. The normalized spacial score (nSPS) is 17.2. The Morgan fingerprint density at radius 1 is 1.29 bits per heavy atom. The predicted molar refractivity (Wildman–Crippen MR) is 90.4 cm³/mol. The van der Waals surface area contributed by atoms with E-state index in [-0.39, 0.29) is 23.6 Å². The summed E-state index contributed by atoms with van der Waals surface area (Å²) in [5.41, 5.74) is 0.810. The number of nitriles is 1. The van der Waals surface area contributed by atoms with Crippen molar-refractivity contribution in [1.82, 2.24) is 14.9 Å². The fraction of sp³-hybridized carbons (Fsp3) is 0.294. The highest BCUT2D eigenvalue weighted by Crippen LogP contribution is 2.20. The first-order valence-corrected chi connectivity index (χ1v) is 8.39. The van der Waals surface area contributed by atoms with Crippen LogP contribution in [-0.4, -0.2) is 40.0 Å². The standard InChI is InChI=1S/C17H15BrN4O2/c18-13-5-3-12(4-6-13)17(23)22-9-1-2-14(11-22)24-16-15(10-19)20-7-8-21-16/h3-8,14H,1-2,9,11H2. The molecule has 1 aliphatic rings. The summed E-state index contributed by atoms with van der Waals surface area (Å²) in [5, 5.41) is 9.06. The van der Waals surface area contributed by atoms with E-state index in [0.29, 0.717) is 18.7 Å². The van der Waals surface area contributed by atoms with E-state index < -0.39 is 0 Å². The number of amides is 1. The predicted octanol–water partition coefficient (Wildman–Crippen LogP) is 2.79. The van der Waals surface area contributed by atoms with Crippen LogP contribution in [0.25, 0.3) is 0 Å². The number of benzene rings is 1. The minimum absolute atomic E-state index is 0.0181. The number of rotatable bonds is 3. The Kier molecular flexibility index (Phi) is 5.06. The molecule has 0 aliphatic carbocycles. The van der Waals surface area contributed by atoms with E-state index in [2.05, 4.69) is 25.9 Å². The van der Waals surface area contributed by atoms with Gasteiger partial charge in [0.05, 0.1) is 6.54 Å². The third kappa shape index (κ3) is 3.71. The second-order valence-electron chi connectivity index (χ2n) is 5.46. The van der Waals surface area contributed by atoms with E-state index >= 15 is 0 Å². The van der Waals surface area contributed by atoms with E-state index in [4.69, 9.17) is 10.00 Å². The number of ether oxygens (including phenoxy) is 1. The Bertz CT molecular complexity index is 773. The van der Waals surface area contributed by atoms with Crippen molar-refractivity contribution in [2.24, 2.45) is 0 Å². The molecular weight excluding hydrogens is 372 g/mol. The van der Waals surface area contributed by atoms with Crippen LogP contribution in [0.3, 0.4) is 0 Å². The molecule has 0 saturated carbocycles. The molecule has 0 radical (unpaired) electrons. The number of likely N-dealkylation sites (tertiary alicyclic amines) is 1. The average molecular weight is 387 g/mol. The number of hydrogen-bond donors (Lipinski definition) is 0. The minimum Gasteiger partial charge on any atom is -0.470 e.